The number of thiophene rings is 1. The van der Waals surface area contributed by atoms with E-state index in [-0.39, 0.29) is 0 Å². The summed E-state index contributed by atoms with van der Waals surface area (Å²) in [5, 5.41) is 0. The molecule has 17 heavy (non-hydrogen) atoms. The SMILES string of the molecule is CC1(CN)CCCN1S(=O)(=O)c1ccc(Br)s1. The fourth-order valence-corrected chi connectivity index (χ4v) is 6.13. The third-order valence-corrected chi connectivity index (χ3v) is 7.36. The largest absolute Gasteiger partial charge is 0.329 e. The molecule has 0 spiro atoms. The molecule has 0 aromatic carbocycles. The normalized spacial score (nSPS) is 26.5. The molecule has 0 radical (unpaired) electrons. The maximum atomic E-state index is 12.5. The topological polar surface area (TPSA) is 63.4 Å². The van der Waals surface area contributed by atoms with Crippen molar-refractivity contribution in [3.05, 3.63) is 15.9 Å². The molecule has 1 unspecified atom stereocenters. The first-order valence-corrected chi connectivity index (χ1v) is 8.43. The zero-order chi connectivity index (χ0) is 12.7. The van der Waals surface area contributed by atoms with Crippen molar-refractivity contribution in [3.63, 3.8) is 0 Å². The van der Waals surface area contributed by atoms with E-state index in [1.165, 1.54) is 11.3 Å². The van der Waals surface area contributed by atoms with Crippen molar-refractivity contribution in [2.75, 3.05) is 13.1 Å². The highest BCUT2D eigenvalue weighted by molar-refractivity contribution is 9.11. The zero-order valence-corrected chi connectivity index (χ0v) is 12.7. The Morgan fingerprint density at radius 3 is 2.82 bits per heavy atom. The number of halogens is 1. The summed E-state index contributed by atoms with van der Waals surface area (Å²) in [4.78, 5) is 0. The minimum atomic E-state index is -3.40. The van der Waals surface area contributed by atoms with E-state index in [1.807, 2.05) is 6.92 Å². The van der Waals surface area contributed by atoms with Gasteiger partial charge >= 0.3 is 0 Å². The van der Waals surface area contributed by atoms with Crippen LogP contribution >= 0.6 is 27.3 Å². The predicted octanol–water partition coefficient (Wildman–Crippen LogP) is 2.01. The van der Waals surface area contributed by atoms with Gasteiger partial charge in [-0.3, -0.25) is 0 Å². The maximum Gasteiger partial charge on any atom is 0.253 e. The molecule has 96 valence electrons. The highest BCUT2D eigenvalue weighted by atomic mass is 79.9. The molecular formula is C10H15BrN2O2S2. The lowest BCUT2D eigenvalue weighted by Gasteiger charge is -2.32. The van der Waals surface area contributed by atoms with Crippen LogP contribution < -0.4 is 5.73 Å². The third-order valence-electron chi connectivity index (χ3n) is 3.21. The Labute approximate surface area is 114 Å². The van der Waals surface area contributed by atoms with Crippen LogP contribution in [0.15, 0.2) is 20.1 Å². The average Bonchev–Trinajstić information content (AvgIpc) is 2.86. The summed E-state index contributed by atoms with van der Waals surface area (Å²) in [6.45, 7) is 2.84. The minimum Gasteiger partial charge on any atom is -0.329 e. The second kappa shape index (κ2) is 4.62. The van der Waals surface area contributed by atoms with Crippen LogP contribution in [0.4, 0.5) is 0 Å². The molecular weight excluding hydrogens is 324 g/mol. The number of nitrogens with two attached hydrogens (primary N) is 1. The molecule has 4 nitrogen and oxygen atoms in total. The summed E-state index contributed by atoms with van der Waals surface area (Å²) in [5.74, 6) is 0. The van der Waals surface area contributed by atoms with Crippen LogP contribution in [0.2, 0.25) is 0 Å². The van der Waals surface area contributed by atoms with Crippen molar-refractivity contribution >= 4 is 37.3 Å². The van der Waals surface area contributed by atoms with E-state index >= 15 is 0 Å². The van der Waals surface area contributed by atoms with Crippen molar-refractivity contribution in [1.82, 2.24) is 4.31 Å². The average molecular weight is 339 g/mol. The summed E-state index contributed by atoms with van der Waals surface area (Å²) >= 11 is 4.53. The van der Waals surface area contributed by atoms with Gasteiger partial charge in [0.25, 0.3) is 10.0 Å². The van der Waals surface area contributed by atoms with Gasteiger partial charge in [0.15, 0.2) is 0 Å². The van der Waals surface area contributed by atoms with Gasteiger partial charge in [-0.15, -0.1) is 11.3 Å². The number of hydrogen-bond acceptors (Lipinski definition) is 4. The van der Waals surface area contributed by atoms with Crippen LogP contribution in [0.1, 0.15) is 19.8 Å². The van der Waals surface area contributed by atoms with Crippen molar-refractivity contribution in [1.29, 1.82) is 0 Å². The molecule has 1 saturated heterocycles. The smallest absolute Gasteiger partial charge is 0.253 e. The van der Waals surface area contributed by atoms with E-state index in [9.17, 15) is 8.42 Å². The van der Waals surface area contributed by atoms with Crippen LogP contribution in [0.5, 0.6) is 0 Å². The highest BCUT2D eigenvalue weighted by Crippen LogP contribution is 2.36. The predicted molar refractivity (Wildman–Crippen MR) is 72.6 cm³/mol. The molecule has 1 fully saturated rings. The van der Waals surface area contributed by atoms with Crippen molar-refractivity contribution < 1.29 is 8.42 Å². The van der Waals surface area contributed by atoms with Crippen LogP contribution in [0.25, 0.3) is 0 Å². The molecule has 2 N–H and O–H groups in total. The van der Waals surface area contributed by atoms with Gasteiger partial charge in [0.1, 0.15) is 4.21 Å². The van der Waals surface area contributed by atoms with Crippen molar-refractivity contribution in [3.8, 4) is 0 Å². The Morgan fingerprint density at radius 1 is 1.59 bits per heavy atom. The molecule has 2 rings (SSSR count). The lowest BCUT2D eigenvalue weighted by atomic mass is 10.0. The number of hydrogen-bond donors (Lipinski definition) is 1. The maximum absolute atomic E-state index is 12.5. The summed E-state index contributed by atoms with van der Waals surface area (Å²) in [7, 11) is -3.40. The molecule has 1 aromatic heterocycles. The number of rotatable bonds is 3. The molecule has 1 atom stereocenters. The molecule has 0 aliphatic carbocycles. The Hall–Kier alpha value is 0.0500. The lowest BCUT2D eigenvalue weighted by molar-refractivity contribution is 0.274. The lowest BCUT2D eigenvalue weighted by Crippen LogP contribution is -2.49. The third kappa shape index (κ3) is 2.31. The Balaban J connectivity index is 2.40. The number of nitrogens with zero attached hydrogens (tertiary/aromatic N) is 1. The minimum absolute atomic E-state index is 0.360. The Bertz CT molecular complexity index is 514. The monoisotopic (exact) mass is 338 g/mol. The summed E-state index contributed by atoms with van der Waals surface area (Å²) in [6.07, 6.45) is 1.70. The first-order chi connectivity index (χ1) is 7.90. The standard InChI is InChI=1S/C10H15BrN2O2S2/c1-10(7-12)5-2-6-13(10)17(14,15)9-4-3-8(11)16-9/h3-4H,2,5-7,12H2,1H3. The van der Waals surface area contributed by atoms with Gasteiger partial charge in [-0.1, -0.05) is 0 Å². The van der Waals surface area contributed by atoms with Gasteiger partial charge in [0.05, 0.1) is 3.79 Å². The van der Waals surface area contributed by atoms with Crippen LogP contribution in [-0.2, 0) is 10.0 Å². The van der Waals surface area contributed by atoms with Gasteiger partial charge in [-0.05, 0) is 47.8 Å². The highest BCUT2D eigenvalue weighted by Gasteiger charge is 2.43. The van der Waals surface area contributed by atoms with Gasteiger partial charge in [0.2, 0.25) is 0 Å². The Kier molecular flexibility index (Phi) is 3.66. The summed E-state index contributed by atoms with van der Waals surface area (Å²) in [6, 6.07) is 3.40. The zero-order valence-electron chi connectivity index (χ0n) is 9.52. The van der Waals surface area contributed by atoms with Gasteiger partial charge in [0, 0.05) is 18.6 Å². The second-order valence-corrected chi connectivity index (χ2v) is 8.99. The molecule has 1 aliphatic heterocycles. The van der Waals surface area contributed by atoms with E-state index in [4.69, 9.17) is 5.73 Å². The van der Waals surface area contributed by atoms with E-state index in [1.54, 1.807) is 16.4 Å². The quantitative estimate of drug-likeness (QED) is 0.916. The molecule has 2 heterocycles. The van der Waals surface area contributed by atoms with Gasteiger partial charge < -0.3 is 5.73 Å². The molecule has 0 saturated carbocycles. The summed E-state index contributed by atoms with van der Waals surface area (Å²) in [5.41, 5.74) is 5.29. The van der Waals surface area contributed by atoms with Crippen LogP contribution in [0, 0.1) is 0 Å². The van der Waals surface area contributed by atoms with Crippen molar-refractivity contribution in [2.45, 2.75) is 29.5 Å². The van der Waals surface area contributed by atoms with Crippen LogP contribution in [0.3, 0.4) is 0 Å². The second-order valence-electron chi connectivity index (χ2n) is 4.44. The van der Waals surface area contributed by atoms with E-state index < -0.39 is 15.6 Å². The van der Waals surface area contributed by atoms with Crippen molar-refractivity contribution in [2.24, 2.45) is 5.73 Å². The van der Waals surface area contributed by atoms with Gasteiger partial charge in [-0.2, -0.15) is 4.31 Å². The molecule has 1 aromatic rings. The molecule has 7 heteroatoms. The first kappa shape index (κ1) is 13.5. The summed E-state index contributed by atoms with van der Waals surface area (Å²) < 4.78 is 27.7. The number of sulfonamides is 1. The fraction of sp³-hybridized carbons (Fsp3) is 0.600. The molecule has 0 bridgehead atoms. The molecule has 1 aliphatic rings. The van der Waals surface area contributed by atoms with Crippen LogP contribution in [-0.4, -0.2) is 31.4 Å². The van der Waals surface area contributed by atoms with E-state index in [2.05, 4.69) is 15.9 Å². The van der Waals surface area contributed by atoms with E-state index in [0.717, 1.165) is 16.6 Å². The molecule has 0 amide bonds. The fourth-order valence-electron chi connectivity index (χ4n) is 2.16. The Morgan fingerprint density at radius 2 is 2.29 bits per heavy atom. The van der Waals surface area contributed by atoms with E-state index in [0.29, 0.717) is 17.3 Å². The van der Waals surface area contributed by atoms with Gasteiger partial charge in [-0.25, -0.2) is 8.42 Å². The first-order valence-electron chi connectivity index (χ1n) is 5.38.